The van der Waals surface area contributed by atoms with Crippen LogP contribution in [0.25, 0.3) is 0 Å². The quantitative estimate of drug-likeness (QED) is 0.533. The van der Waals surface area contributed by atoms with Gasteiger partial charge < -0.3 is 10.1 Å². The van der Waals surface area contributed by atoms with E-state index in [2.05, 4.69) is 5.32 Å². The number of hydrogen-bond acceptors (Lipinski definition) is 5. The molecule has 1 aliphatic rings. The Bertz CT molecular complexity index is 800. The molecule has 1 N–H and O–H groups in total. The van der Waals surface area contributed by atoms with E-state index in [-0.39, 0.29) is 17.9 Å². The van der Waals surface area contributed by atoms with Gasteiger partial charge >= 0.3 is 5.97 Å². The van der Waals surface area contributed by atoms with E-state index >= 15 is 0 Å². The highest BCUT2D eigenvalue weighted by Gasteiger charge is 2.23. The number of fused-ring (bicyclic) bond motifs is 1. The van der Waals surface area contributed by atoms with E-state index in [0.29, 0.717) is 11.3 Å². The van der Waals surface area contributed by atoms with Crippen molar-refractivity contribution >= 4 is 23.3 Å². The molecule has 2 aromatic carbocycles. The number of nitrogens with one attached hydrogen (secondary N) is 1. The Morgan fingerprint density at radius 1 is 1.23 bits per heavy atom. The number of ether oxygens (including phenoxy) is 1. The lowest BCUT2D eigenvalue weighted by Gasteiger charge is -2.06. The van der Waals surface area contributed by atoms with E-state index in [0.717, 1.165) is 5.56 Å². The van der Waals surface area contributed by atoms with Gasteiger partial charge in [-0.3, -0.25) is 14.9 Å². The number of cyclic esters (lactones) is 1. The SMILES string of the molecule is O=C1OCc2ccc(NC(=O)c3ccccc3[N+](=O)[O-])cc21. The van der Waals surface area contributed by atoms with Gasteiger partial charge in [-0.2, -0.15) is 0 Å². The fourth-order valence-corrected chi connectivity index (χ4v) is 2.21. The minimum Gasteiger partial charge on any atom is -0.457 e. The van der Waals surface area contributed by atoms with Gasteiger partial charge in [0.15, 0.2) is 0 Å². The minimum absolute atomic E-state index is 0.0458. The van der Waals surface area contributed by atoms with E-state index in [4.69, 9.17) is 4.74 Å². The molecule has 0 aliphatic carbocycles. The van der Waals surface area contributed by atoms with Gasteiger partial charge in [-0.05, 0) is 18.2 Å². The van der Waals surface area contributed by atoms with Crippen LogP contribution in [0.1, 0.15) is 26.3 Å². The maximum atomic E-state index is 12.2. The fraction of sp³-hybridized carbons (Fsp3) is 0.0667. The van der Waals surface area contributed by atoms with Gasteiger partial charge in [0.05, 0.1) is 10.5 Å². The first kappa shape index (κ1) is 13.7. The second kappa shape index (κ2) is 5.28. The highest BCUT2D eigenvalue weighted by molar-refractivity contribution is 6.07. The Morgan fingerprint density at radius 3 is 2.77 bits per heavy atom. The van der Waals surface area contributed by atoms with Gasteiger partial charge in [0.25, 0.3) is 11.6 Å². The molecule has 7 nitrogen and oxygen atoms in total. The van der Waals surface area contributed by atoms with Gasteiger partial charge in [0.1, 0.15) is 12.2 Å². The second-order valence-electron chi connectivity index (χ2n) is 4.68. The Kier molecular flexibility index (Phi) is 3.30. The number of anilines is 1. The molecule has 7 heteroatoms. The first-order chi connectivity index (χ1) is 10.6. The summed E-state index contributed by atoms with van der Waals surface area (Å²) in [6, 6.07) is 10.5. The van der Waals surface area contributed by atoms with Gasteiger partial charge in [0.2, 0.25) is 0 Å². The van der Waals surface area contributed by atoms with Crippen molar-refractivity contribution in [2.24, 2.45) is 0 Å². The topological polar surface area (TPSA) is 98.5 Å². The number of nitro benzene ring substituents is 1. The van der Waals surface area contributed by atoms with Gasteiger partial charge in [-0.15, -0.1) is 0 Å². The molecule has 2 aromatic rings. The molecule has 0 atom stereocenters. The van der Waals surface area contributed by atoms with Crippen molar-refractivity contribution < 1.29 is 19.2 Å². The van der Waals surface area contributed by atoms with E-state index < -0.39 is 16.8 Å². The van der Waals surface area contributed by atoms with Crippen LogP contribution in [0.5, 0.6) is 0 Å². The Morgan fingerprint density at radius 2 is 2.00 bits per heavy atom. The second-order valence-corrected chi connectivity index (χ2v) is 4.68. The molecule has 0 unspecified atom stereocenters. The van der Waals surface area contributed by atoms with Crippen LogP contribution >= 0.6 is 0 Å². The molecule has 22 heavy (non-hydrogen) atoms. The summed E-state index contributed by atoms with van der Waals surface area (Å²) in [5.41, 5.74) is 1.19. The molecule has 0 radical (unpaired) electrons. The monoisotopic (exact) mass is 298 g/mol. The van der Waals surface area contributed by atoms with E-state index in [1.54, 1.807) is 18.2 Å². The number of nitrogens with zero attached hydrogens (tertiary/aromatic N) is 1. The molecular weight excluding hydrogens is 288 g/mol. The first-order valence-corrected chi connectivity index (χ1v) is 6.41. The van der Waals surface area contributed by atoms with Crippen LogP contribution in [-0.2, 0) is 11.3 Å². The number of nitro groups is 1. The Labute approximate surface area is 124 Å². The number of rotatable bonds is 3. The lowest BCUT2D eigenvalue weighted by molar-refractivity contribution is -0.385. The predicted octanol–water partition coefficient (Wildman–Crippen LogP) is 2.52. The largest absolute Gasteiger partial charge is 0.457 e. The molecule has 1 heterocycles. The molecule has 0 spiro atoms. The summed E-state index contributed by atoms with van der Waals surface area (Å²) >= 11 is 0. The summed E-state index contributed by atoms with van der Waals surface area (Å²) in [4.78, 5) is 34.0. The lowest BCUT2D eigenvalue weighted by Crippen LogP contribution is -2.14. The zero-order valence-electron chi connectivity index (χ0n) is 11.2. The average molecular weight is 298 g/mol. The molecule has 1 amide bonds. The van der Waals surface area contributed by atoms with Crippen molar-refractivity contribution in [3.63, 3.8) is 0 Å². The summed E-state index contributed by atoms with van der Waals surface area (Å²) in [7, 11) is 0. The third-order valence-electron chi connectivity index (χ3n) is 3.29. The zero-order valence-corrected chi connectivity index (χ0v) is 11.2. The van der Waals surface area contributed by atoms with Crippen LogP contribution in [0.4, 0.5) is 11.4 Å². The van der Waals surface area contributed by atoms with E-state index in [1.807, 2.05) is 0 Å². The molecule has 0 saturated heterocycles. The minimum atomic E-state index is -0.616. The molecule has 0 bridgehead atoms. The Balaban J connectivity index is 1.88. The maximum Gasteiger partial charge on any atom is 0.338 e. The molecule has 110 valence electrons. The van der Waals surface area contributed by atoms with Crippen molar-refractivity contribution in [3.8, 4) is 0 Å². The van der Waals surface area contributed by atoms with Crippen molar-refractivity contribution in [1.29, 1.82) is 0 Å². The number of carbonyl (C=O) groups excluding carboxylic acids is 2. The number of amides is 1. The molecule has 1 aliphatic heterocycles. The number of para-hydroxylation sites is 1. The fourth-order valence-electron chi connectivity index (χ4n) is 2.21. The zero-order chi connectivity index (χ0) is 15.7. The van der Waals surface area contributed by atoms with Crippen molar-refractivity contribution in [1.82, 2.24) is 0 Å². The lowest BCUT2D eigenvalue weighted by atomic mass is 10.1. The summed E-state index contributed by atoms with van der Waals surface area (Å²) in [6.07, 6.45) is 0. The molecular formula is C15H10N2O5. The van der Waals surface area contributed by atoms with Crippen LogP contribution in [0.2, 0.25) is 0 Å². The number of carbonyl (C=O) groups is 2. The first-order valence-electron chi connectivity index (χ1n) is 6.41. The standard InChI is InChI=1S/C15H10N2O5/c18-14(11-3-1-2-4-13(11)17(20)21)16-10-6-5-9-8-22-15(19)12(9)7-10/h1-7H,8H2,(H,16,18). The van der Waals surface area contributed by atoms with E-state index in [1.165, 1.54) is 24.3 Å². The summed E-state index contributed by atoms with van der Waals surface area (Å²) in [5, 5.41) is 13.5. The molecule has 0 saturated carbocycles. The van der Waals surface area contributed by atoms with Crippen molar-refractivity contribution in [2.75, 3.05) is 5.32 Å². The van der Waals surface area contributed by atoms with Gasteiger partial charge in [0, 0.05) is 17.3 Å². The molecule has 0 aromatic heterocycles. The normalized spacial score (nSPS) is 12.5. The smallest absolute Gasteiger partial charge is 0.338 e. The van der Waals surface area contributed by atoms with Gasteiger partial charge in [-0.1, -0.05) is 18.2 Å². The van der Waals surface area contributed by atoms with Crippen LogP contribution in [0.3, 0.4) is 0 Å². The predicted molar refractivity (Wildman–Crippen MR) is 76.6 cm³/mol. The summed E-state index contributed by atoms with van der Waals surface area (Å²) in [6.45, 7) is 0.215. The van der Waals surface area contributed by atoms with Crippen LogP contribution in [0, 0.1) is 10.1 Å². The third-order valence-corrected chi connectivity index (χ3v) is 3.29. The van der Waals surface area contributed by atoms with E-state index in [9.17, 15) is 19.7 Å². The number of benzene rings is 2. The molecule has 0 fully saturated rings. The average Bonchev–Trinajstić information content (AvgIpc) is 2.88. The van der Waals surface area contributed by atoms with Crippen LogP contribution in [0.15, 0.2) is 42.5 Å². The number of esters is 1. The maximum absolute atomic E-state index is 12.2. The third kappa shape index (κ3) is 2.39. The summed E-state index contributed by atoms with van der Waals surface area (Å²) in [5.74, 6) is -1.06. The van der Waals surface area contributed by atoms with Crippen LogP contribution < -0.4 is 5.32 Å². The highest BCUT2D eigenvalue weighted by Crippen LogP contribution is 2.24. The van der Waals surface area contributed by atoms with Crippen LogP contribution in [-0.4, -0.2) is 16.8 Å². The highest BCUT2D eigenvalue weighted by atomic mass is 16.6. The Hall–Kier alpha value is -3.22. The molecule has 3 rings (SSSR count). The van der Waals surface area contributed by atoms with Crippen molar-refractivity contribution in [3.05, 3.63) is 69.3 Å². The van der Waals surface area contributed by atoms with Crippen molar-refractivity contribution in [2.45, 2.75) is 6.61 Å². The number of hydrogen-bond donors (Lipinski definition) is 1. The summed E-state index contributed by atoms with van der Waals surface area (Å²) < 4.78 is 4.88. The van der Waals surface area contributed by atoms with Gasteiger partial charge in [-0.25, -0.2) is 4.79 Å².